The molecule has 0 N–H and O–H groups in total. The van der Waals surface area contributed by atoms with Gasteiger partial charge in [0.25, 0.3) is 0 Å². The van der Waals surface area contributed by atoms with Gasteiger partial charge in [0.05, 0.1) is 0 Å². The molecule has 1 aromatic heterocycles. The minimum atomic E-state index is 0.118. The summed E-state index contributed by atoms with van der Waals surface area (Å²) in [6, 6.07) is 0. The van der Waals surface area contributed by atoms with E-state index in [1.165, 1.54) is 19.3 Å². The molecule has 1 heterocycles. The van der Waals surface area contributed by atoms with E-state index < -0.39 is 0 Å². The predicted octanol–water partition coefficient (Wildman–Crippen LogP) is 3.02. The van der Waals surface area contributed by atoms with Crippen molar-refractivity contribution in [2.24, 2.45) is 0 Å². The largest absolute Gasteiger partial charge is 0.244 e. The van der Waals surface area contributed by atoms with Crippen LogP contribution in [0, 0.1) is 0 Å². The van der Waals surface area contributed by atoms with Crippen LogP contribution in [-0.4, -0.2) is 10.3 Å². The van der Waals surface area contributed by atoms with Gasteiger partial charge in [-0.15, -0.1) is 0 Å². The summed E-state index contributed by atoms with van der Waals surface area (Å²) in [5.74, 6) is 0.632. The molecule has 2 rings (SSSR count). The molecule has 3 nitrogen and oxygen atoms in total. The van der Waals surface area contributed by atoms with Crippen molar-refractivity contribution in [2.75, 3.05) is 0 Å². The second-order valence-electron chi connectivity index (χ2n) is 4.91. The Morgan fingerprint density at radius 3 is 2.64 bits per heavy atom. The van der Waals surface area contributed by atoms with E-state index in [2.05, 4.69) is 31.1 Å². The molecule has 0 radical (unpaired) electrons. The van der Waals surface area contributed by atoms with Crippen molar-refractivity contribution in [2.45, 2.75) is 57.8 Å². The fraction of sp³-hybridized carbons (Fsp3) is 0.818. The monoisotopic (exact) mass is 194 g/mol. The Balaban J connectivity index is 2.25. The Labute approximate surface area is 84.8 Å². The fourth-order valence-corrected chi connectivity index (χ4v) is 2.03. The summed E-state index contributed by atoms with van der Waals surface area (Å²) >= 11 is 0. The lowest BCUT2D eigenvalue weighted by Crippen LogP contribution is -2.19. The molecule has 14 heavy (non-hydrogen) atoms. The van der Waals surface area contributed by atoms with Gasteiger partial charge in [0.1, 0.15) is 11.4 Å². The van der Waals surface area contributed by atoms with E-state index in [9.17, 15) is 0 Å². The predicted molar refractivity (Wildman–Crippen MR) is 54.2 cm³/mol. The van der Waals surface area contributed by atoms with E-state index in [-0.39, 0.29) is 5.41 Å². The standard InChI is InChI=1S/C11H18N2O/c1-4-7-11(2,3)10-9(8-5-6-8)12-14-13-10/h8H,4-7H2,1-3H3. The van der Waals surface area contributed by atoms with Crippen LogP contribution in [0.2, 0.25) is 0 Å². The molecule has 0 unspecified atom stereocenters. The molecule has 0 aliphatic heterocycles. The van der Waals surface area contributed by atoms with Gasteiger partial charge in [-0.1, -0.05) is 37.5 Å². The highest BCUT2D eigenvalue weighted by Gasteiger charge is 2.36. The first-order valence-electron chi connectivity index (χ1n) is 5.48. The Kier molecular flexibility index (Phi) is 2.33. The summed E-state index contributed by atoms with van der Waals surface area (Å²) in [6.45, 7) is 6.65. The SMILES string of the molecule is CCCC(C)(C)c1nonc1C1CC1. The van der Waals surface area contributed by atoms with Crippen molar-refractivity contribution in [3.05, 3.63) is 11.4 Å². The van der Waals surface area contributed by atoms with E-state index in [1.807, 2.05) is 0 Å². The van der Waals surface area contributed by atoms with Crippen LogP contribution in [-0.2, 0) is 5.41 Å². The Morgan fingerprint density at radius 1 is 1.36 bits per heavy atom. The minimum absolute atomic E-state index is 0.118. The first-order chi connectivity index (χ1) is 6.65. The van der Waals surface area contributed by atoms with Gasteiger partial charge in [0.15, 0.2) is 0 Å². The molecule has 0 atom stereocenters. The third-order valence-electron chi connectivity index (χ3n) is 2.99. The summed E-state index contributed by atoms with van der Waals surface area (Å²) in [7, 11) is 0. The van der Waals surface area contributed by atoms with Crippen molar-refractivity contribution in [1.29, 1.82) is 0 Å². The lowest BCUT2D eigenvalue weighted by atomic mass is 9.83. The Hall–Kier alpha value is -0.860. The topological polar surface area (TPSA) is 38.9 Å². The van der Waals surface area contributed by atoms with Crippen LogP contribution in [0.5, 0.6) is 0 Å². The smallest absolute Gasteiger partial charge is 0.114 e. The molecule has 0 amide bonds. The Morgan fingerprint density at radius 2 is 2.07 bits per heavy atom. The molecule has 0 bridgehead atoms. The first-order valence-corrected chi connectivity index (χ1v) is 5.48. The zero-order chi connectivity index (χ0) is 10.2. The van der Waals surface area contributed by atoms with Crippen molar-refractivity contribution in [1.82, 2.24) is 10.3 Å². The van der Waals surface area contributed by atoms with Crippen LogP contribution in [0.15, 0.2) is 4.63 Å². The van der Waals surface area contributed by atoms with Gasteiger partial charge >= 0.3 is 0 Å². The summed E-state index contributed by atoms with van der Waals surface area (Å²) in [4.78, 5) is 0. The Bertz CT molecular complexity index is 313. The van der Waals surface area contributed by atoms with E-state index >= 15 is 0 Å². The second kappa shape index (κ2) is 3.37. The van der Waals surface area contributed by atoms with Crippen molar-refractivity contribution >= 4 is 0 Å². The molecular formula is C11H18N2O. The van der Waals surface area contributed by atoms with Gasteiger partial charge in [-0.25, -0.2) is 4.63 Å². The second-order valence-corrected chi connectivity index (χ2v) is 4.91. The molecular weight excluding hydrogens is 176 g/mol. The molecule has 78 valence electrons. The van der Waals surface area contributed by atoms with E-state index in [4.69, 9.17) is 4.63 Å². The maximum Gasteiger partial charge on any atom is 0.114 e. The number of hydrogen-bond donors (Lipinski definition) is 0. The average molecular weight is 194 g/mol. The lowest BCUT2D eigenvalue weighted by molar-refractivity contribution is 0.291. The molecule has 1 aromatic rings. The van der Waals surface area contributed by atoms with Crippen LogP contribution in [0.3, 0.4) is 0 Å². The number of aromatic nitrogens is 2. The highest BCUT2D eigenvalue weighted by molar-refractivity contribution is 5.24. The molecule has 0 saturated heterocycles. The van der Waals surface area contributed by atoms with Crippen LogP contribution in [0.1, 0.15) is 63.8 Å². The first kappa shape index (κ1) is 9.69. The third kappa shape index (κ3) is 1.68. The van der Waals surface area contributed by atoms with Gasteiger partial charge in [0, 0.05) is 11.3 Å². The van der Waals surface area contributed by atoms with Crippen LogP contribution >= 0.6 is 0 Å². The summed E-state index contributed by atoms with van der Waals surface area (Å²) in [6.07, 6.45) is 4.82. The molecule has 1 aliphatic rings. The molecule has 1 fully saturated rings. The highest BCUT2D eigenvalue weighted by Crippen LogP contribution is 2.43. The highest BCUT2D eigenvalue weighted by atomic mass is 16.6. The van der Waals surface area contributed by atoms with Crippen LogP contribution in [0.4, 0.5) is 0 Å². The maximum atomic E-state index is 4.88. The average Bonchev–Trinajstić information content (AvgIpc) is 2.83. The van der Waals surface area contributed by atoms with Crippen molar-refractivity contribution in [3.8, 4) is 0 Å². The molecule has 0 spiro atoms. The van der Waals surface area contributed by atoms with Gasteiger partial charge in [-0.05, 0) is 19.3 Å². The fourth-order valence-electron chi connectivity index (χ4n) is 2.03. The van der Waals surface area contributed by atoms with Crippen molar-refractivity contribution < 1.29 is 4.63 Å². The number of rotatable bonds is 4. The van der Waals surface area contributed by atoms with Gasteiger partial charge in [-0.2, -0.15) is 0 Å². The number of nitrogens with zero attached hydrogens (tertiary/aromatic N) is 2. The zero-order valence-corrected chi connectivity index (χ0v) is 9.21. The van der Waals surface area contributed by atoms with E-state index in [0.717, 1.165) is 17.8 Å². The summed E-state index contributed by atoms with van der Waals surface area (Å²) in [5.41, 5.74) is 2.32. The normalized spacial score (nSPS) is 17.4. The molecule has 0 aromatic carbocycles. The minimum Gasteiger partial charge on any atom is -0.244 e. The molecule has 1 saturated carbocycles. The molecule has 1 aliphatic carbocycles. The van der Waals surface area contributed by atoms with Gasteiger partial charge < -0.3 is 0 Å². The zero-order valence-electron chi connectivity index (χ0n) is 9.21. The van der Waals surface area contributed by atoms with Gasteiger partial charge in [0.2, 0.25) is 0 Å². The van der Waals surface area contributed by atoms with Crippen LogP contribution < -0.4 is 0 Å². The maximum absolute atomic E-state index is 4.88. The van der Waals surface area contributed by atoms with Gasteiger partial charge in [-0.3, -0.25) is 0 Å². The van der Waals surface area contributed by atoms with Crippen molar-refractivity contribution in [3.63, 3.8) is 0 Å². The molecule has 3 heteroatoms. The van der Waals surface area contributed by atoms with E-state index in [1.54, 1.807) is 0 Å². The summed E-state index contributed by atoms with van der Waals surface area (Å²) in [5, 5.41) is 8.12. The summed E-state index contributed by atoms with van der Waals surface area (Å²) < 4.78 is 4.88. The lowest BCUT2D eigenvalue weighted by Gasteiger charge is -2.21. The van der Waals surface area contributed by atoms with Crippen LogP contribution in [0.25, 0.3) is 0 Å². The van der Waals surface area contributed by atoms with E-state index in [0.29, 0.717) is 5.92 Å². The quantitative estimate of drug-likeness (QED) is 0.739. The third-order valence-corrected chi connectivity index (χ3v) is 2.99. The number of hydrogen-bond acceptors (Lipinski definition) is 3.